The van der Waals surface area contributed by atoms with Crippen LogP contribution in [-0.2, 0) is 13.7 Å². The summed E-state index contributed by atoms with van der Waals surface area (Å²) in [4.78, 5) is 29.7. The summed E-state index contributed by atoms with van der Waals surface area (Å²) in [6.45, 7) is 4.97. The first-order valence-electron chi connectivity index (χ1n) is 6.18. The predicted molar refractivity (Wildman–Crippen MR) is 73.2 cm³/mol. The van der Waals surface area contributed by atoms with Gasteiger partial charge in [-0.1, -0.05) is 6.08 Å². The first kappa shape index (κ1) is 18.0. The fourth-order valence-electron chi connectivity index (χ4n) is 2.21. The van der Waals surface area contributed by atoms with Gasteiger partial charge in [0.25, 0.3) is 0 Å². The lowest BCUT2D eigenvalue weighted by Crippen LogP contribution is -2.47. The van der Waals surface area contributed by atoms with Gasteiger partial charge in [0, 0.05) is 13.1 Å². The van der Waals surface area contributed by atoms with Crippen LogP contribution in [0.1, 0.15) is 19.8 Å². The molecule has 4 N–H and O–H groups in total. The molecule has 8 nitrogen and oxygen atoms in total. The minimum absolute atomic E-state index is 0.0654. The van der Waals surface area contributed by atoms with E-state index in [4.69, 9.17) is 0 Å². The van der Waals surface area contributed by atoms with Crippen molar-refractivity contribution in [3.63, 3.8) is 0 Å². The second-order valence-electron chi connectivity index (χ2n) is 4.76. The molecular formula is C10H21NO7P2. The molecule has 0 aliphatic carbocycles. The van der Waals surface area contributed by atoms with Gasteiger partial charge >= 0.3 is 15.2 Å². The standard InChI is InChI=1S/C10H21NO7P2/c1-3-10(12)5-7-11(8-6-10)9(19(13,14)15)20(16,17)18-4-2/h3,9,12H,1,4-8H2,2H3,(H,16,17)(H2,13,14,15). The summed E-state index contributed by atoms with van der Waals surface area (Å²) in [5.74, 6) is 0. The molecule has 20 heavy (non-hydrogen) atoms. The number of likely N-dealkylation sites (tertiary alicyclic amines) is 1. The number of nitrogens with zero attached hydrogens (tertiary/aromatic N) is 1. The number of rotatable bonds is 6. The van der Waals surface area contributed by atoms with Gasteiger partial charge in [-0.2, -0.15) is 0 Å². The van der Waals surface area contributed by atoms with Crippen molar-refractivity contribution >= 4 is 15.2 Å². The highest BCUT2D eigenvalue weighted by Crippen LogP contribution is 2.64. The lowest BCUT2D eigenvalue weighted by atomic mass is 9.92. The number of aliphatic hydroxyl groups is 1. The smallest absolute Gasteiger partial charge is 0.357 e. The van der Waals surface area contributed by atoms with E-state index in [1.54, 1.807) is 0 Å². The van der Waals surface area contributed by atoms with E-state index in [0.717, 1.165) is 0 Å². The Balaban J connectivity index is 2.96. The van der Waals surface area contributed by atoms with Gasteiger partial charge in [0.15, 0.2) is 0 Å². The van der Waals surface area contributed by atoms with Crippen molar-refractivity contribution in [2.75, 3.05) is 19.7 Å². The Morgan fingerprint density at radius 3 is 2.20 bits per heavy atom. The van der Waals surface area contributed by atoms with Crippen LogP contribution in [0.15, 0.2) is 12.7 Å². The van der Waals surface area contributed by atoms with Crippen LogP contribution in [0.2, 0.25) is 0 Å². The van der Waals surface area contributed by atoms with Crippen molar-refractivity contribution in [1.82, 2.24) is 4.90 Å². The van der Waals surface area contributed by atoms with Crippen LogP contribution in [0.4, 0.5) is 0 Å². The minimum Gasteiger partial charge on any atom is -0.386 e. The second kappa shape index (κ2) is 6.38. The predicted octanol–water partition coefficient (Wildman–Crippen LogP) is 0.682. The lowest BCUT2D eigenvalue weighted by Gasteiger charge is -2.40. The summed E-state index contributed by atoms with van der Waals surface area (Å²) in [6.07, 6.45) is 1.73. The number of hydrogen-bond acceptors (Lipinski definition) is 5. The molecular weight excluding hydrogens is 308 g/mol. The third kappa shape index (κ3) is 4.23. The Morgan fingerprint density at radius 1 is 1.35 bits per heavy atom. The lowest BCUT2D eigenvalue weighted by molar-refractivity contribution is 0.0168. The molecule has 2 atom stereocenters. The number of piperidine rings is 1. The average Bonchev–Trinajstić information content (AvgIpc) is 2.30. The molecule has 0 aromatic heterocycles. The van der Waals surface area contributed by atoms with Gasteiger partial charge in [0.1, 0.15) is 0 Å². The van der Waals surface area contributed by atoms with Gasteiger partial charge < -0.3 is 24.3 Å². The molecule has 10 heteroatoms. The molecule has 0 bridgehead atoms. The molecule has 0 spiro atoms. The van der Waals surface area contributed by atoms with Gasteiger partial charge in [0.2, 0.25) is 5.52 Å². The zero-order valence-electron chi connectivity index (χ0n) is 11.3. The first-order valence-corrected chi connectivity index (χ1v) is 9.51. The molecule has 0 aromatic rings. The van der Waals surface area contributed by atoms with Crippen molar-refractivity contribution < 1.29 is 33.4 Å². The summed E-state index contributed by atoms with van der Waals surface area (Å²) in [5.41, 5.74) is -3.01. The molecule has 0 aromatic carbocycles. The van der Waals surface area contributed by atoms with Crippen LogP contribution in [0, 0.1) is 0 Å². The van der Waals surface area contributed by atoms with E-state index in [2.05, 4.69) is 11.1 Å². The molecule has 118 valence electrons. The third-order valence-electron chi connectivity index (χ3n) is 3.28. The number of hydrogen-bond donors (Lipinski definition) is 4. The largest absolute Gasteiger partial charge is 0.386 e. The third-order valence-corrected chi connectivity index (χ3v) is 7.52. The van der Waals surface area contributed by atoms with E-state index < -0.39 is 26.3 Å². The van der Waals surface area contributed by atoms with Gasteiger partial charge in [-0.05, 0) is 19.8 Å². The summed E-state index contributed by atoms with van der Waals surface area (Å²) < 4.78 is 28.2. The van der Waals surface area contributed by atoms with Crippen LogP contribution in [0.3, 0.4) is 0 Å². The summed E-state index contributed by atoms with van der Waals surface area (Å²) in [6, 6.07) is 0. The van der Waals surface area contributed by atoms with Crippen LogP contribution < -0.4 is 0 Å². The van der Waals surface area contributed by atoms with Crippen molar-refractivity contribution in [3.05, 3.63) is 12.7 Å². The zero-order valence-corrected chi connectivity index (χ0v) is 13.0. The van der Waals surface area contributed by atoms with Crippen LogP contribution >= 0.6 is 15.2 Å². The maximum absolute atomic E-state index is 12.0. The monoisotopic (exact) mass is 329 g/mol. The normalized spacial score (nSPS) is 24.9. The summed E-state index contributed by atoms with van der Waals surface area (Å²) in [5, 5.41) is 9.99. The van der Waals surface area contributed by atoms with Crippen molar-refractivity contribution in [2.45, 2.75) is 30.9 Å². The van der Waals surface area contributed by atoms with Gasteiger partial charge in [-0.25, -0.2) is 0 Å². The highest BCUT2D eigenvalue weighted by molar-refractivity contribution is 7.71. The minimum atomic E-state index is -4.87. The Labute approximate surface area is 117 Å². The van der Waals surface area contributed by atoms with E-state index in [-0.39, 0.29) is 32.5 Å². The molecule has 1 aliphatic heterocycles. The molecule has 1 aliphatic rings. The van der Waals surface area contributed by atoms with Crippen molar-refractivity contribution in [2.24, 2.45) is 0 Å². The highest BCUT2D eigenvalue weighted by atomic mass is 31.2. The van der Waals surface area contributed by atoms with Crippen LogP contribution in [0.5, 0.6) is 0 Å². The Kier molecular flexibility index (Phi) is 5.75. The Hall–Kier alpha value is -0.0400. The van der Waals surface area contributed by atoms with Gasteiger partial charge in [-0.15, -0.1) is 6.58 Å². The fourth-order valence-corrected chi connectivity index (χ4v) is 5.73. The zero-order chi connectivity index (χ0) is 15.6. The second-order valence-corrected chi connectivity index (χ2v) is 8.71. The van der Waals surface area contributed by atoms with Crippen LogP contribution in [-0.4, -0.2) is 55.5 Å². The SMILES string of the molecule is C=CC1(O)CCN(C(P(=O)(O)O)P(=O)(O)OCC)CC1. The van der Waals surface area contributed by atoms with Crippen molar-refractivity contribution in [1.29, 1.82) is 0 Å². The molecule has 0 saturated carbocycles. The molecule has 0 amide bonds. The summed E-state index contributed by atoms with van der Waals surface area (Å²) >= 11 is 0. The Bertz CT molecular complexity index is 441. The molecule has 2 unspecified atom stereocenters. The van der Waals surface area contributed by atoms with E-state index >= 15 is 0 Å². The quantitative estimate of drug-likeness (QED) is 0.414. The maximum atomic E-state index is 12.0. The molecule has 1 rings (SSSR count). The maximum Gasteiger partial charge on any atom is 0.357 e. The van der Waals surface area contributed by atoms with Gasteiger partial charge in [0.05, 0.1) is 12.2 Å². The molecule has 1 heterocycles. The molecule has 1 saturated heterocycles. The fraction of sp³-hybridized carbons (Fsp3) is 0.800. The summed E-state index contributed by atoms with van der Waals surface area (Å²) in [7, 11) is -9.35. The van der Waals surface area contributed by atoms with Gasteiger partial charge in [-0.3, -0.25) is 14.0 Å². The van der Waals surface area contributed by atoms with E-state index in [1.165, 1.54) is 17.9 Å². The Morgan fingerprint density at radius 2 is 1.85 bits per heavy atom. The van der Waals surface area contributed by atoms with Crippen LogP contribution in [0.25, 0.3) is 0 Å². The average molecular weight is 329 g/mol. The topological polar surface area (TPSA) is 128 Å². The van der Waals surface area contributed by atoms with E-state index in [9.17, 15) is 28.9 Å². The van der Waals surface area contributed by atoms with Crippen molar-refractivity contribution in [3.8, 4) is 0 Å². The molecule has 0 radical (unpaired) electrons. The molecule has 1 fully saturated rings. The first-order chi connectivity index (χ1) is 9.06. The van der Waals surface area contributed by atoms with E-state index in [0.29, 0.717) is 0 Å². The highest BCUT2D eigenvalue weighted by Gasteiger charge is 2.50. The van der Waals surface area contributed by atoms with E-state index in [1.807, 2.05) is 0 Å².